The Morgan fingerprint density at radius 3 is 2.14 bits per heavy atom. The molecule has 1 unspecified atom stereocenters. The molecule has 0 spiro atoms. The number of nitrogens with zero attached hydrogens (tertiary/aromatic N) is 2. The van der Waals surface area contributed by atoms with Gasteiger partial charge in [-0.25, -0.2) is 4.39 Å². The lowest BCUT2D eigenvalue weighted by molar-refractivity contribution is -0.201. The van der Waals surface area contributed by atoms with Crippen LogP contribution in [0.15, 0.2) is 48.5 Å². The molecule has 1 amide bonds. The van der Waals surface area contributed by atoms with Crippen molar-refractivity contribution in [3.63, 3.8) is 0 Å². The minimum Gasteiger partial charge on any atom is -0.389 e. The van der Waals surface area contributed by atoms with Crippen LogP contribution in [0.2, 0.25) is 0 Å². The van der Waals surface area contributed by atoms with Gasteiger partial charge in [-0.15, -0.1) is 0 Å². The Labute approximate surface area is 202 Å². The summed E-state index contributed by atoms with van der Waals surface area (Å²) in [5, 5.41) is 19.6. The number of primary amides is 1. The predicted molar refractivity (Wildman–Crippen MR) is 124 cm³/mol. The number of nitriles is 1. The first-order valence-electron chi connectivity index (χ1n) is 11.3. The minimum absolute atomic E-state index is 0.122. The van der Waals surface area contributed by atoms with E-state index in [9.17, 15) is 32.7 Å². The van der Waals surface area contributed by atoms with Crippen LogP contribution >= 0.6 is 0 Å². The molecule has 35 heavy (non-hydrogen) atoms. The van der Waals surface area contributed by atoms with E-state index >= 15 is 0 Å². The average molecular weight is 492 g/mol. The van der Waals surface area contributed by atoms with Crippen molar-refractivity contribution in [1.82, 2.24) is 4.90 Å². The van der Waals surface area contributed by atoms with Crippen LogP contribution in [-0.2, 0) is 4.79 Å². The zero-order chi connectivity index (χ0) is 26.2. The highest BCUT2D eigenvalue weighted by molar-refractivity contribution is 5.80. The number of amides is 1. The van der Waals surface area contributed by atoms with E-state index in [2.05, 4.69) is 0 Å². The van der Waals surface area contributed by atoms with Crippen LogP contribution in [-0.4, -0.2) is 39.3 Å². The fourth-order valence-corrected chi connectivity index (χ4v) is 4.41. The van der Waals surface area contributed by atoms with Crippen molar-refractivity contribution in [3.05, 3.63) is 59.7 Å². The number of aliphatic hydroxyl groups is 1. The Morgan fingerprint density at radius 2 is 1.71 bits per heavy atom. The van der Waals surface area contributed by atoms with Gasteiger partial charge in [0.25, 0.3) is 0 Å². The Balaban J connectivity index is 2.09. The number of alkyl halides is 4. The highest BCUT2D eigenvalue weighted by Gasteiger charge is 2.61. The first-order valence-corrected chi connectivity index (χ1v) is 11.3. The molecule has 1 saturated carbocycles. The normalized spacial score (nSPS) is 17.9. The van der Waals surface area contributed by atoms with Crippen LogP contribution in [0.25, 0.3) is 11.1 Å². The minimum atomic E-state index is -4.87. The molecular formula is C26H29F4N3O2. The smallest absolute Gasteiger partial charge is 0.389 e. The molecule has 3 N–H and O–H groups in total. The van der Waals surface area contributed by atoms with Gasteiger partial charge in [-0.3, -0.25) is 9.69 Å². The third-order valence-corrected chi connectivity index (χ3v) is 6.29. The zero-order valence-corrected chi connectivity index (χ0v) is 19.8. The lowest BCUT2D eigenvalue weighted by Crippen LogP contribution is -2.57. The van der Waals surface area contributed by atoms with Gasteiger partial charge in [0.2, 0.25) is 5.91 Å². The Morgan fingerprint density at radius 1 is 1.11 bits per heavy atom. The third kappa shape index (κ3) is 6.00. The first kappa shape index (κ1) is 26.6. The summed E-state index contributed by atoms with van der Waals surface area (Å²) in [5.74, 6) is -1.11. The van der Waals surface area contributed by atoms with E-state index in [0.717, 1.165) is 18.7 Å². The molecule has 188 valence electrons. The van der Waals surface area contributed by atoms with Crippen molar-refractivity contribution in [3.8, 4) is 17.2 Å². The van der Waals surface area contributed by atoms with Crippen molar-refractivity contribution in [1.29, 1.82) is 5.26 Å². The molecule has 3 atom stereocenters. The van der Waals surface area contributed by atoms with Crippen molar-refractivity contribution in [2.45, 2.75) is 75.6 Å². The summed E-state index contributed by atoms with van der Waals surface area (Å²) in [5.41, 5.74) is 3.74. The second kappa shape index (κ2) is 9.59. The van der Waals surface area contributed by atoms with E-state index in [0.29, 0.717) is 16.7 Å². The summed E-state index contributed by atoms with van der Waals surface area (Å²) in [4.78, 5) is 13.1. The molecule has 1 aliphatic carbocycles. The van der Waals surface area contributed by atoms with Gasteiger partial charge < -0.3 is 10.8 Å². The molecule has 1 fully saturated rings. The highest BCUT2D eigenvalue weighted by Crippen LogP contribution is 2.52. The largest absolute Gasteiger partial charge is 0.408 e. The molecule has 0 heterocycles. The molecule has 3 rings (SSSR count). The molecule has 2 aromatic carbocycles. The van der Waals surface area contributed by atoms with Gasteiger partial charge in [-0.2, -0.15) is 18.4 Å². The fraction of sp³-hybridized carbons (Fsp3) is 0.462. The lowest BCUT2D eigenvalue weighted by Gasteiger charge is -2.42. The standard InChI is InChI=1S/C26H29F4N3O2/c1-16(34)19-5-4-6-20(13-19)17-7-9-18(10-8-17)22(26(28,29)30)33(25(15-31)11-12-25)21(23(32)35)14-24(2,3)27/h4-10,13,16,21-22,34H,11-12,14H2,1-3H3,(H2,32,35)/t16?,21-,22-/m0/s1. The number of aliphatic hydroxyl groups excluding tert-OH is 1. The van der Waals surface area contributed by atoms with Crippen LogP contribution < -0.4 is 5.73 Å². The summed E-state index contributed by atoms with van der Waals surface area (Å²) < 4.78 is 58.2. The SMILES string of the molecule is CC(O)c1cccc(-c2ccc([C@H](N([C@@H](CC(C)(C)F)C(N)=O)C3(C#N)CC3)C(F)(F)F)cc2)c1. The number of carbonyl (C=O) groups is 1. The van der Waals surface area contributed by atoms with Crippen LogP contribution in [0, 0.1) is 11.3 Å². The first-order chi connectivity index (χ1) is 16.2. The van der Waals surface area contributed by atoms with Gasteiger partial charge in [-0.1, -0.05) is 42.5 Å². The number of rotatable bonds is 9. The lowest BCUT2D eigenvalue weighted by atomic mass is 9.92. The van der Waals surface area contributed by atoms with Gasteiger partial charge in [0.15, 0.2) is 0 Å². The number of hydrogen-bond donors (Lipinski definition) is 2. The van der Waals surface area contributed by atoms with Gasteiger partial charge in [0.1, 0.15) is 17.2 Å². The molecule has 0 aliphatic heterocycles. The maximum absolute atomic E-state index is 14.5. The molecule has 5 nitrogen and oxygen atoms in total. The maximum Gasteiger partial charge on any atom is 0.408 e. The number of benzene rings is 2. The van der Waals surface area contributed by atoms with Crippen molar-refractivity contribution >= 4 is 5.91 Å². The molecule has 0 radical (unpaired) electrons. The summed E-state index contributed by atoms with van der Waals surface area (Å²) in [6.07, 6.45) is -5.91. The van der Waals surface area contributed by atoms with Gasteiger partial charge in [0, 0.05) is 6.42 Å². The molecule has 0 aromatic heterocycles. The van der Waals surface area contributed by atoms with Crippen molar-refractivity contribution < 1.29 is 27.5 Å². The van der Waals surface area contributed by atoms with Gasteiger partial charge in [-0.05, 0) is 61.9 Å². The quantitative estimate of drug-likeness (QED) is 0.462. The molecule has 0 saturated heterocycles. The predicted octanol–water partition coefficient (Wildman–Crippen LogP) is 5.36. The summed E-state index contributed by atoms with van der Waals surface area (Å²) in [6.45, 7) is 3.93. The zero-order valence-electron chi connectivity index (χ0n) is 19.8. The Bertz CT molecular complexity index is 1100. The molecule has 2 aromatic rings. The molecule has 1 aliphatic rings. The van der Waals surface area contributed by atoms with Crippen molar-refractivity contribution in [2.75, 3.05) is 0 Å². The third-order valence-electron chi connectivity index (χ3n) is 6.29. The van der Waals surface area contributed by atoms with Gasteiger partial charge >= 0.3 is 6.18 Å². The van der Waals surface area contributed by atoms with Crippen LogP contribution in [0.3, 0.4) is 0 Å². The molecular weight excluding hydrogens is 462 g/mol. The second-order valence-electron chi connectivity index (χ2n) is 9.76. The van der Waals surface area contributed by atoms with Crippen LogP contribution in [0.5, 0.6) is 0 Å². The highest BCUT2D eigenvalue weighted by atomic mass is 19.4. The van der Waals surface area contributed by atoms with E-state index < -0.39 is 47.9 Å². The fourth-order valence-electron chi connectivity index (χ4n) is 4.41. The Kier molecular flexibility index (Phi) is 7.30. The summed E-state index contributed by atoms with van der Waals surface area (Å²) in [6, 6.07) is 10.6. The van der Waals surface area contributed by atoms with Gasteiger partial charge in [0.05, 0.1) is 18.2 Å². The van der Waals surface area contributed by atoms with E-state index in [-0.39, 0.29) is 18.4 Å². The number of carbonyl (C=O) groups excluding carboxylic acids is 1. The summed E-state index contributed by atoms with van der Waals surface area (Å²) >= 11 is 0. The Hall–Kier alpha value is -2.96. The van der Waals surface area contributed by atoms with E-state index in [1.807, 2.05) is 6.07 Å². The second-order valence-corrected chi connectivity index (χ2v) is 9.76. The number of halogens is 4. The average Bonchev–Trinajstić information content (AvgIpc) is 3.56. The van der Waals surface area contributed by atoms with Crippen LogP contribution in [0.4, 0.5) is 17.6 Å². The number of nitrogens with two attached hydrogens (primary N) is 1. The van der Waals surface area contributed by atoms with Crippen LogP contribution in [0.1, 0.15) is 63.3 Å². The molecule has 0 bridgehead atoms. The summed E-state index contributed by atoms with van der Waals surface area (Å²) in [7, 11) is 0. The van der Waals surface area contributed by atoms with Crippen molar-refractivity contribution in [2.24, 2.45) is 5.73 Å². The van der Waals surface area contributed by atoms with E-state index in [1.54, 1.807) is 31.2 Å². The maximum atomic E-state index is 14.5. The van der Waals surface area contributed by atoms with E-state index in [4.69, 9.17) is 5.73 Å². The topological polar surface area (TPSA) is 90.3 Å². The monoisotopic (exact) mass is 491 g/mol. The number of hydrogen-bond acceptors (Lipinski definition) is 4. The molecule has 9 heteroatoms. The van der Waals surface area contributed by atoms with E-state index in [1.165, 1.54) is 24.3 Å².